The third kappa shape index (κ3) is 4.04. The van der Waals surface area contributed by atoms with Crippen molar-refractivity contribution in [2.75, 3.05) is 33.5 Å². The van der Waals surface area contributed by atoms with Crippen molar-refractivity contribution in [1.82, 2.24) is 5.32 Å². The molecule has 0 radical (unpaired) electrons. The highest BCUT2D eigenvalue weighted by Gasteiger charge is 2.34. The van der Waals surface area contributed by atoms with Gasteiger partial charge in [-0.25, -0.2) is 0 Å². The Morgan fingerprint density at radius 3 is 2.80 bits per heavy atom. The third-order valence-corrected chi connectivity index (χ3v) is 4.46. The third-order valence-electron chi connectivity index (χ3n) is 3.96. The van der Waals surface area contributed by atoms with Crippen molar-refractivity contribution in [3.63, 3.8) is 0 Å². The lowest BCUT2D eigenvalue weighted by Crippen LogP contribution is -2.48. The summed E-state index contributed by atoms with van der Waals surface area (Å²) in [4.78, 5) is 0. The Morgan fingerprint density at radius 2 is 2.15 bits per heavy atom. The van der Waals surface area contributed by atoms with Gasteiger partial charge in [0.25, 0.3) is 0 Å². The molecule has 1 heterocycles. The number of methoxy groups -OCH3 is 1. The number of hydrogen-bond acceptors (Lipinski definition) is 3. The molecule has 0 aliphatic carbocycles. The summed E-state index contributed by atoms with van der Waals surface area (Å²) in [5.41, 5.74) is 1.38. The molecule has 0 amide bonds. The van der Waals surface area contributed by atoms with Crippen molar-refractivity contribution in [3.8, 4) is 0 Å². The lowest BCUT2D eigenvalue weighted by atomic mass is 9.82. The average Bonchev–Trinajstić information content (AvgIpc) is 2.46. The van der Waals surface area contributed by atoms with Gasteiger partial charge in [0.1, 0.15) is 0 Å². The zero-order valence-corrected chi connectivity index (χ0v) is 13.9. The van der Waals surface area contributed by atoms with Crippen molar-refractivity contribution < 1.29 is 9.47 Å². The van der Waals surface area contributed by atoms with Gasteiger partial charge < -0.3 is 14.8 Å². The number of rotatable bonds is 6. The molecule has 1 aliphatic heterocycles. The highest BCUT2D eigenvalue weighted by Crippen LogP contribution is 2.33. The Kier molecular flexibility index (Phi) is 6.02. The molecule has 1 atom stereocenters. The van der Waals surface area contributed by atoms with Crippen LogP contribution in [-0.2, 0) is 15.0 Å². The summed E-state index contributed by atoms with van der Waals surface area (Å²) in [6.07, 6.45) is 2.03. The van der Waals surface area contributed by atoms with Crippen LogP contribution in [0.4, 0.5) is 0 Å². The van der Waals surface area contributed by atoms with Crippen LogP contribution < -0.4 is 5.32 Å². The molecule has 112 valence electrons. The van der Waals surface area contributed by atoms with Crippen molar-refractivity contribution in [2.24, 2.45) is 5.92 Å². The topological polar surface area (TPSA) is 30.5 Å². The second-order valence-corrected chi connectivity index (χ2v) is 6.56. The Hall–Kier alpha value is -0.420. The van der Waals surface area contributed by atoms with E-state index in [1.807, 2.05) is 0 Å². The Morgan fingerprint density at radius 1 is 1.40 bits per heavy atom. The minimum absolute atomic E-state index is 0.0318. The van der Waals surface area contributed by atoms with Crippen LogP contribution in [0.1, 0.15) is 25.3 Å². The average molecular weight is 342 g/mol. The smallest absolute Gasteiger partial charge is 0.0499 e. The van der Waals surface area contributed by atoms with Crippen LogP contribution in [0.25, 0.3) is 0 Å². The first kappa shape index (κ1) is 16.0. The maximum Gasteiger partial charge on any atom is 0.0499 e. The van der Waals surface area contributed by atoms with E-state index in [1.165, 1.54) is 5.56 Å². The highest BCUT2D eigenvalue weighted by atomic mass is 79.9. The van der Waals surface area contributed by atoms with Gasteiger partial charge in [-0.3, -0.25) is 0 Å². The van der Waals surface area contributed by atoms with Gasteiger partial charge in [-0.15, -0.1) is 0 Å². The molecular formula is C16H24BrNO2. The molecule has 0 spiro atoms. The molecule has 0 aromatic heterocycles. The Labute approximate surface area is 130 Å². The van der Waals surface area contributed by atoms with E-state index in [0.29, 0.717) is 5.92 Å². The number of ether oxygens (including phenoxy) is 2. The van der Waals surface area contributed by atoms with Crippen molar-refractivity contribution in [3.05, 3.63) is 34.3 Å². The molecular weight excluding hydrogens is 318 g/mol. The summed E-state index contributed by atoms with van der Waals surface area (Å²) in [6, 6.07) is 8.62. The highest BCUT2D eigenvalue weighted by molar-refractivity contribution is 9.10. The molecule has 20 heavy (non-hydrogen) atoms. The van der Waals surface area contributed by atoms with Gasteiger partial charge in [0.15, 0.2) is 0 Å². The van der Waals surface area contributed by atoms with Crippen LogP contribution in [0.2, 0.25) is 0 Å². The van der Waals surface area contributed by atoms with E-state index in [-0.39, 0.29) is 5.54 Å². The number of hydrogen-bond donors (Lipinski definition) is 1. The molecule has 4 heteroatoms. The second kappa shape index (κ2) is 7.55. The summed E-state index contributed by atoms with van der Waals surface area (Å²) in [6.45, 7) is 5.60. The van der Waals surface area contributed by atoms with Gasteiger partial charge in [0.2, 0.25) is 0 Å². The first-order valence-electron chi connectivity index (χ1n) is 7.24. The van der Waals surface area contributed by atoms with Crippen LogP contribution in [0.5, 0.6) is 0 Å². The molecule has 2 rings (SSSR count). The molecule has 1 aromatic carbocycles. The summed E-state index contributed by atoms with van der Waals surface area (Å²) < 4.78 is 11.9. The molecule has 1 aliphatic rings. The van der Waals surface area contributed by atoms with E-state index in [1.54, 1.807) is 7.11 Å². The quantitative estimate of drug-likeness (QED) is 0.860. The zero-order valence-electron chi connectivity index (χ0n) is 12.3. The van der Waals surface area contributed by atoms with E-state index in [4.69, 9.17) is 9.47 Å². The van der Waals surface area contributed by atoms with Crippen LogP contribution in [0, 0.1) is 5.92 Å². The summed E-state index contributed by atoms with van der Waals surface area (Å²) in [7, 11) is 1.76. The number of benzene rings is 1. The van der Waals surface area contributed by atoms with Crippen molar-refractivity contribution in [2.45, 2.75) is 25.3 Å². The molecule has 3 nitrogen and oxygen atoms in total. The lowest BCUT2D eigenvalue weighted by Gasteiger charge is -2.39. The standard InChI is InChI=1S/C16H24BrNO2/c1-13(12-19-2)11-18-16(6-8-20-9-7-16)14-4-3-5-15(17)10-14/h3-5,10,13,18H,6-9,11-12H2,1-2H3. The first-order valence-corrected chi connectivity index (χ1v) is 8.03. The molecule has 1 aromatic rings. The molecule has 1 saturated heterocycles. The molecule has 0 bridgehead atoms. The number of halogens is 1. The van der Waals surface area contributed by atoms with Gasteiger partial charge in [0, 0.05) is 43.5 Å². The summed E-state index contributed by atoms with van der Waals surface area (Å²) in [5.74, 6) is 0.506. The van der Waals surface area contributed by atoms with Crippen molar-refractivity contribution in [1.29, 1.82) is 0 Å². The molecule has 0 saturated carbocycles. The maximum absolute atomic E-state index is 5.55. The minimum atomic E-state index is 0.0318. The monoisotopic (exact) mass is 341 g/mol. The summed E-state index contributed by atoms with van der Waals surface area (Å²) >= 11 is 3.58. The van der Waals surface area contributed by atoms with E-state index in [0.717, 1.165) is 43.7 Å². The van der Waals surface area contributed by atoms with E-state index < -0.39 is 0 Å². The minimum Gasteiger partial charge on any atom is -0.384 e. The predicted octanol–water partition coefficient (Wildman–Crippen LogP) is 3.33. The van der Waals surface area contributed by atoms with Crippen LogP contribution >= 0.6 is 15.9 Å². The van der Waals surface area contributed by atoms with E-state index in [2.05, 4.69) is 52.4 Å². The zero-order chi connectivity index (χ0) is 14.4. The lowest BCUT2D eigenvalue weighted by molar-refractivity contribution is 0.0331. The number of nitrogens with one attached hydrogen (secondary N) is 1. The van der Waals surface area contributed by atoms with Crippen LogP contribution in [0.3, 0.4) is 0 Å². The first-order chi connectivity index (χ1) is 9.66. The predicted molar refractivity (Wildman–Crippen MR) is 84.9 cm³/mol. The van der Waals surface area contributed by atoms with Gasteiger partial charge >= 0.3 is 0 Å². The largest absolute Gasteiger partial charge is 0.384 e. The van der Waals surface area contributed by atoms with Gasteiger partial charge in [-0.2, -0.15) is 0 Å². The Bertz CT molecular complexity index is 419. The van der Waals surface area contributed by atoms with E-state index >= 15 is 0 Å². The fraction of sp³-hybridized carbons (Fsp3) is 0.625. The fourth-order valence-electron chi connectivity index (χ4n) is 2.79. The second-order valence-electron chi connectivity index (χ2n) is 5.65. The van der Waals surface area contributed by atoms with Gasteiger partial charge in [-0.1, -0.05) is 35.0 Å². The van der Waals surface area contributed by atoms with Crippen LogP contribution in [0.15, 0.2) is 28.7 Å². The van der Waals surface area contributed by atoms with Gasteiger partial charge in [-0.05, 0) is 36.5 Å². The normalized spacial score (nSPS) is 19.8. The maximum atomic E-state index is 5.55. The van der Waals surface area contributed by atoms with Gasteiger partial charge in [0.05, 0.1) is 0 Å². The SMILES string of the molecule is COCC(C)CNC1(c2cccc(Br)c2)CCOCC1. The summed E-state index contributed by atoms with van der Waals surface area (Å²) in [5, 5.41) is 3.78. The van der Waals surface area contributed by atoms with E-state index in [9.17, 15) is 0 Å². The Balaban J connectivity index is 2.13. The van der Waals surface area contributed by atoms with Crippen LogP contribution in [-0.4, -0.2) is 33.5 Å². The molecule has 1 N–H and O–H groups in total. The fourth-order valence-corrected chi connectivity index (χ4v) is 3.19. The molecule has 1 fully saturated rings. The molecule has 1 unspecified atom stereocenters. The van der Waals surface area contributed by atoms with Crippen molar-refractivity contribution >= 4 is 15.9 Å².